The molecule has 0 aromatic heterocycles. The second kappa shape index (κ2) is 7.06. The van der Waals surface area contributed by atoms with Gasteiger partial charge in [-0.3, -0.25) is 9.69 Å². The van der Waals surface area contributed by atoms with Crippen molar-refractivity contribution in [1.29, 1.82) is 0 Å². The first-order chi connectivity index (χ1) is 9.24. The third-order valence-electron chi connectivity index (χ3n) is 4.41. The van der Waals surface area contributed by atoms with E-state index >= 15 is 0 Å². The van der Waals surface area contributed by atoms with Crippen LogP contribution in [-0.2, 0) is 4.79 Å². The van der Waals surface area contributed by atoms with Gasteiger partial charge in [0.25, 0.3) is 0 Å². The number of amides is 1. The van der Waals surface area contributed by atoms with Gasteiger partial charge in [0.2, 0.25) is 5.91 Å². The summed E-state index contributed by atoms with van der Waals surface area (Å²) >= 11 is 0. The Morgan fingerprint density at radius 2 is 1.79 bits per heavy atom. The molecule has 0 N–H and O–H groups in total. The van der Waals surface area contributed by atoms with E-state index in [1.165, 1.54) is 45.2 Å². The number of hydrogen-bond acceptors (Lipinski definition) is 3. The quantitative estimate of drug-likeness (QED) is 0.715. The number of likely N-dealkylation sites (tertiary alicyclic amines) is 1. The van der Waals surface area contributed by atoms with Crippen molar-refractivity contribution in [2.24, 2.45) is 0 Å². The molecule has 0 aliphatic carbocycles. The van der Waals surface area contributed by atoms with Crippen molar-refractivity contribution in [3.05, 3.63) is 12.7 Å². The average Bonchev–Trinajstić information content (AvgIpc) is 2.48. The third kappa shape index (κ3) is 3.80. The van der Waals surface area contributed by atoms with Gasteiger partial charge >= 0.3 is 0 Å². The van der Waals surface area contributed by atoms with Gasteiger partial charge in [0.15, 0.2) is 0 Å². The standard InChI is InChI=1S/C15H27N3O/c1-3-7-16-10-12-17(13-11-16)14-5-8-18(9-6-14)15(19)4-2/h4,14H,2-3,5-13H2,1H3. The van der Waals surface area contributed by atoms with E-state index in [0.717, 1.165) is 25.9 Å². The molecule has 2 heterocycles. The van der Waals surface area contributed by atoms with E-state index in [4.69, 9.17) is 0 Å². The molecule has 2 aliphatic heterocycles. The Hall–Kier alpha value is -0.870. The normalized spacial score (nSPS) is 23.5. The Morgan fingerprint density at radius 1 is 1.16 bits per heavy atom. The minimum absolute atomic E-state index is 0.0891. The van der Waals surface area contributed by atoms with Gasteiger partial charge in [-0.2, -0.15) is 0 Å². The lowest BCUT2D eigenvalue weighted by Gasteiger charge is -2.42. The van der Waals surface area contributed by atoms with Gasteiger partial charge in [-0.25, -0.2) is 0 Å². The molecule has 108 valence electrons. The second-order valence-corrected chi connectivity index (χ2v) is 5.64. The largest absolute Gasteiger partial charge is 0.339 e. The summed E-state index contributed by atoms with van der Waals surface area (Å²) in [6, 6.07) is 0.678. The summed E-state index contributed by atoms with van der Waals surface area (Å²) in [6.07, 6.45) is 4.92. The Kier molecular flexibility index (Phi) is 5.40. The van der Waals surface area contributed by atoms with Gasteiger partial charge < -0.3 is 9.80 Å². The fourth-order valence-corrected chi connectivity index (χ4v) is 3.25. The van der Waals surface area contributed by atoms with Crippen molar-refractivity contribution >= 4 is 5.91 Å². The molecule has 0 aromatic carbocycles. The van der Waals surface area contributed by atoms with Crippen molar-refractivity contribution in [1.82, 2.24) is 14.7 Å². The van der Waals surface area contributed by atoms with Crippen LogP contribution in [0.5, 0.6) is 0 Å². The summed E-state index contributed by atoms with van der Waals surface area (Å²) in [7, 11) is 0. The number of carbonyl (C=O) groups excluding carboxylic acids is 1. The van der Waals surface area contributed by atoms with Crippen molar-refractivity contribution in [2.45, 2.75) is 32.2 Å². The lowest BCUT2D eigenvalue weighted by atomic mass is 10.0. The van der Waals surface area contributed by atoms with Crippen LogP contribution in [0.4, 0.5) is 0 Å². The molecule has 4 nitrogen and oxygen atoms in total. The maximum atomic E-state index is 11.6. The summed E-state index contributed by atoms with van der Waals surface area (Å²) < 4.78 is 0. The molecule has 2 aliphatic rings. The van der Waals surface area contributed by atoms with E-state index in [2.05, 4.69) is 23.3 Å². The Morgan fingerprint density at radius 3 is 2.32 bits per heavy atom. The highest BCUT2D eigenvalue weighted by molar-refractivity contribution is 5.87. The van der Waals surface area contributed by atoms with Gasteiger partial charge in [-0.05, 0) is 31.9 Å². The van der Waals surface area contributed by atoms with Crippen LogP contribution in [0.15, 0.2) is 12.7 Å². The van der Waals surface area contributed by atoms with Crippen LogP contribution in [0.2, 0.25) is 0 Å². The fraction of sp³-hybridized carbons (Fsp3) is 0.800. The zero-order chi connectivity index (χ0) is 13.7. The Bertz CT molecular complexity index is 303. The molecule has 0 saturated carbocycles. The van der Waals surface area contributed by atoms with Crippen LogP contribution < -0.4 is 0 Å². The van der Waals surface area contributed by atoms with E-state index in [1.807, 2.05) is 4.90 Å². The molecule has 19 heavy (non-hydrogen) atoms. The highest BCUT2D eigenvalue weighted by Crippen LogP contribution is 2.18. The second-order valence-electron chi connectivity index (χ2n) is 5.64. The molecule has 0 bridgehead atoms. The van der Waals surface area contributed by atoms with Crippen LogP contribution >= 0.6 is 0 Å². The van der Waals surface area contributed by atoms with Crippen LogP contribution in [-0.4, -0.2) is 72.5 Å². The van der Waals surface area contributed by atoms with E-state index in [9.17, 15) is 4.79 Å². The maximum Gasteiger partial charge on any atom is 0.245 e. The minimum Gasteiger partial charge on any atom is -0.339 e. The zero-order valence-electron chi connectivity index (χ0n) is 12.2. The van der Waals surface area contributed by atoms with Crippen LogP contribution in [0, 0.1) is 0 Å². The maximum absolute atomic E-state index is 11.6. The molecule has 0 aromatic rings. The van der Waals surface area contributed by atoms with Crippen molar-refractivity contribution < 1.29 is 4.79 Å². The number of piperidine rings is 1. The Labute approximate surface area is 117 Å². The highest BCUT2D eigenvalue weighted by Gasteiger charge is 2.28. The zero-order valence-corrected chi connectivity index (χ0v) is 12.2. The van der Waals surface area contributed by atoms with Crippen molar-refractivity contribution in [3.63, 3.8) is 0 Å². The first-order valence-electron chi connectivity index (χ1n) is 7.62. The van der Waals surface area contributed by atoms with E-state index in [0.29, 0.717) is 6.04 Å². The SMILES string of the molecule is C=CC(=O)N1CCC(N2CCN(CCC)CC2)CC1. The minimum atomic E-state index is 0.0891. The summed E-state index contributed by atoms with van der Waals surface area (Å²) in [5, 5.41) is 0. The molecule has 2 rings (SSSR count). The average molecular weight is 265 g/mol. The topological polar surface area (TPSA) is 26.8 Å². The monoisotopic (exact) mass is 265 g/mol. The van der Waals surface area contributed by atoms with Crippen LogP contribution in [0.25, 0.3) is 0 Å². The third-order valence-corrected chi connectivity index (χ3v) is 4.41. The predicted molar refractivity (Wildman–Crippen MR) is 78.1 cm³/mol. The van der Waals surface area contributed by atoms with E-state index < -0.39 is 0 Å². The smallest absolute Gasteiger partial charge is 0.245 e. The first-order valence-corrected chi connectivity index (χ1v) is 7.62. The molecule has 1 amide bonds. The van der Waals surface area contributed by atoms with Gasteiger partial charge in [0.1, 0.15) is 0 Å². The molecule has 4 heteroatoms. The molecule has 0 atom stereocenters. The van der Waals surface area contributed by atoms with Crippen molar-refractivity contribution in [3.8, 4) is 0 Å². The number of piperazine rings is 1. The van der Waals surface area contributed by atoms with Crippen molar-refractivity contribution in [2.75, 3.05) is 45.8 Å². The van der Waals surface area contributed by atoms with E-state index in [-0.39, 0.29) is 5.91 Å². The van der Waals surface area contributed by atoms with Gasteiger partial charge in [-0.1, -0.05) is 13.5 Å². The summed E-state index contributed by atoms with van der Waals surface area (Å²) in [5.41, 5.74) is 0. The summed E-state index contributed by atoms with van der Waals surface area (Å²) in [6.45, 7) is 13.6. The molecular weight excluding hydrogens is 238 g/mol. The summed E-state index contributed by atoms with van der Waals surface area (Å²) in [4.78, 5) is 18.7. The fourth-order valence-electron chi connectivity index (χ4n) is 3.25. The molecule has 0 spiro atoms. The lowest BCUT2D eigenvalue weighted by Crippen LogP contribution is -2.53. The molecule has 2 fully saturated rings. The number of rotatable bonds is 4. The summed E-state index contributed by atoms with van der Waals surface area (Å²) in [5.74, 6) is 0.0891. The number of carbonyl (C=O) groups is 1. The Balaban J connectivity index is 1.73. The predicted octanol–water partition coefficient (Wildman–Crippen LogP) is 1.19. The first kappa shape index (κ1) is 14.5. The molecule has 0 unspecified atom stereocenters. The number of nitrogens with zero attached hydrogens (tertiary/aromatic N) is 3. The highest BCUT2D eigenvalue weighted by atomic mass is 16.2. The van der Waals surface area contributed by atoms with E-state index in [1.54, 1.807) is 0 Å². The molecular formula is C15H27N3O. The van der Waals surface area contributed by atoms with Gasteiger partial charge in [-0.15, -0.1) is 0 Å². The van der Waals surface area contributed by atoms with Crippen LogP contribution in [0.1, 0.15) is 26.2 Å². The van der Waals surface area contributed by atoms with Gasteiger partial charge in [0.05, 0.1) is 0 Å². The molecule has 2 saturated heterocycles. The van der Waals surface area contributed by atoms with Crippen LogP contribution in [0.3, 0.4) is 0 Å². The number of hydrogen-bond donors (Lipinski definition) is 0. The van der Waals surface area contributed by atoms with Gasteiger partial charge in [0, 0.05) is 45.3 Å². The lowest BCUT2D eigenvalue weighted by molar-refractivity contribution is -0.127. The molecule has 0 radical (unpaired) electrons.